The lowest BCUT2D eigenvalue weighted by atomic mass is 10.2. The molecule has 0 aromatic rings. The number of nitrogens with one attached hydrogen (secondary N) is 1. The van der Waals surface area contributed by atoms with Gasteiger partial charge in [-0.25, -0.2) is 13.1 Å². The minimum absolute atomic E-state index is 0.176. The van der Waals surface area contributed by atoms with Gasteiger partial charge in [-0.15, -0.1) is 0 Å². The molecule has 0 saturated carbocycles. The molecular formula is C8H17NO2S2. The molecule has 1 aliphatic heterocycles. The summed E-state index contributed by atoms with van der Waals surface area (Å²) >= 11 is 1.83. The molecule has 0 aromatic heterocycles. The maximum Gasteiger partial charge on any atom is 0.211 e. The van der Waals surface area contributed by atoms with Crippen molar-refractivity contribution < 1.29 is 8.42 Å². The second-order valence-corrected chi connectivity index (χ2v) is 6.37. The van der Waals surface area contributed by atoms with Gasteiger partial charge in [0.1, 0.15) is 0 Å². The standard InChI is InChI=1S/C8H17NO2S2/c1-2-6-13(10,11)9-8-4-3-5-12-7-8/h8-9H,2-7H2,1H3. The fraction of sp³-hybridized carbons (Fsp3) is 1.00. The number of hydrogen-bond donors (Lipinski definition) is 1. The Bertz CT molecular complexity index is 233. The van der Waals surface area contributed by atoms with Gasteiger partial charge in [-0.05, 0) is 25.0 Å². The Balaban J connectivity index is 2.37. The minimum atomic E-state index is -2.99. The van der Waals surface area contributed by atoms with Crippen molar-refractivity contribution in [3.8, 4) is 0 Å². The number of hydrogen-bond acceptors (Lipinski definition) is 3. The van der Waals surface area contributed by atoms with Crippen LogP contribution in [0.25, 0.3) is 0 Å². The largest absolute Gasteiger partial charge is 0.212 e. The first-order chi connectivity index (χ1) is 6.14. The van der Waals surface area contributed by atoms with E-state index in [1.807, 2.05) is 18.7 Å². The maximum atomic E-state index is 11.4. The summed E-state index contributed by atoms with van der Waals surface area (Å²) in [5, 5.41) is 0. The summed E-state index contributed by atoms with van der Waals surface area (Å²) in [5.74, 6) is 2.36. The third kappa shape index (κ3) is 4.33. The normalized spacial score (nSPS) is 24.5. The summed E-state index contributed by atoms with van der Waals surface area (Å²) in [5.41, 5.74) is 0. The van der Waals surface area contributed by atoms with E-state index in [0.717, 1.165) is 18.6 Å². The molecule has 0 bridgehead atoms. The lowest BCUT2D eigenvalue weighted by molar-refractivity contribution is 0.542. The van der Waals surface area contributed by atoms with Gasteiger partial charge in [0.05, 0.1) is 5.75 Å². The quantitative estimate of drug-likeness (QED) is 0.779. The minimum Gasteiger partial charge on any atom is -0.212 e. The van der Waals surface area contributed by atoms with Crippen molar-refractivity contribution >= 4 is 21.8 Å². The topological polar surface area (TPSA) is 46.2 Å². The smallest absolute Gasteiger partial charge is 0.211 e. The van der Waals surface area contributed by atoms with E-state index in [2.05, 4.69) is 4.72 Å². The van der Waals surface area contributed by atoms with E-state index in [0.29, 0.717) is 6.42 Å². The van der Waals surface area contributed by atoms with Crippen molar-refractivity contribution in [2.75, 3.05) is 17.3 Å². The van der Waals surface area contributed by atoms with Gasteiger partial charge in [-0.2, -0.15) is 11.8 Å². The first-order valence-corrected chi connectivity index (χ1v) is 7.52. The highest BCUT2D eigenvalue weighted by Gasteiger charge is 2.19. The molecule has 1 fully saturated rings. The average Bonchev–Trinajstić information content (AvgIpc) is 2.04. The van der Waals surface area contributed by atoms with Crippen LogP contribution < -0.4 is 4.72 Å². The first kappa shape index (κ1) is 11.3. The summed E-state index contributed by atoms with van der Waals surface area (Å²) < 4.78 is 25.5. The van der Waals surface area contributed by atoms with E-state index in [1.165, 1.54) is 5.75 Å². The van der Waals surface area contributed by atoms with Gasteiger partial charge in [-0.3, -0.25) is 0 Å². The maximum absolute atomic E-state index is 11.4. The van der Waals surface area contributed by atoms with E-state index < -0.39 is 10.0 Å². The van der Waals surface area contributed by atoms with E-state index in [4.69, 9.17) is 0 Å². The SMILES string of the molecule is CCCS(=O)(=O)NC1CCCSC1. The molecule has 5 heteroatoms. The zero-order valence-corrected chi connectivity index (χ0v) is 9.59. The number of rotatable bonds is 4. The Kier molecular flexibility index (Phi) is 4.55. The van der Waals surface area contributed by atoms with Crippen LogP contribution in [-0.2, 0) is 10.0 Å². The predicted octanol–water partition coefficient (Wildman–Crippen LogP) is 1.21. The van der Waals surface area contributed by atoms with Gasteiger partial charge in [0.15, 0.2) is 0 Å². The second-order valence-electron chi connectivity index (χ2n) is 3.35. The summed E-state index contributed by atoms with van der Waals surface area (Å²) in [6.45, 7) is 1.88. The molecule has 0 radical (unpaired) electrons. The molecule has 0 aliphatic carbocycles. The highest BCUT2D eigenvalue weighted by molar-refractivity contribution is 7.99. The molecule has 1 heterocycles. The molecule has 0 amide bonds. The monoisotopic (exact) mass is 223 g/mol. The lowest BCUT2D eigenvalue weighted by Gasteiger charge is -2.22. The Morgan fingerprint density at radius 3 is 2.85 bits per heavy atom. The third-order valence-electron chi connectivity index (χ3n) is 1.98. The molecule has 0 spiro atoms. The summed E-state index contributed by atoms with van der Waals surface area (Å²) in [6, 6.07) is 0.176. The van der Waals surface area contributed by atoms with Crippen molar-refractivity contribution in [3.63, 3.8) is 0 Å². The lowest BCUT2D eigenvalue weighted by Crippen LogP contribution is -2.39. The van der Waals surface area contributed by atoms with Crippen LogP contribution in [0.5, 0.6) is 0 Å². The van der Waals surface area contributed by atoms with Gasteiger partial charge < -0.3 is 0 Å². The molecule has 1 rings (SSSR count). The van der Waals surface area contributed by atoms with Gasteiger partial charge >= 0.3 is 0 Å². The zero-order valence-electron chi connectivity index (χ0n) is 7.95. The molecule has 1 aliphatic rings. The van der Waals surface area contributed by atoms with Crippen LogP contribution in [0.3, 0.4) is 0 Å². The summed E-state index contributed by atoms with van der Waals surface area (Å²) in [7, 11) is -2.99. The molecule has 3 nitrogen and oxygen atoms in total. The summed E-state index contributed by atoms with van der Waals surface area (Å²) in [6.07, 6.45) is 2.81. The van der Waals surface area contributed by atoms with Crippen LogP contribution in [0.2, 0.25) is 0 Å². The van der Waals surface area contributed by atoms with Crippen LogP contribution in [-0.4, -0.2) is 31.7 Å². The highest BCUT2D eigenvalue weighted by Crippen LogP contribution is 2.17. The molecule has 13 heavy (non-hydrogen) atoms. The van der Waals surface area contributed by atoms with Gasteiger partial charge in [0, 0.05) is 11.8 Å². The second kappa shape index (κ2) is 5.22. The molecule has 1 N–H and O–H groups in total. The average molecular weight is 223 g/mol. The van der Waals surface area contributed by atoms with E-state index >= 15 is 0 Å². The van der Waals surface area contributed by atoms with E-state index in [1.54, 1.807) is 0 Å². The van der Waals surface area contributed by atoms with Crippen molar-refractivity contribution in [3.05, 3.63) is 0 Å². The van der Waals surface area contributed by atoms with Crippen LogP contribution in [0.15, 0.2) is 0 Å². The van der Waals surface area contributed by atoms with Gasteiger partial charge in [0.2, 0.25) is 10.0 Å². The van der Waals surface area contributed by atoms with Gasteiger partial charge in [0.25, 0.3) is 0 Å². The molecule has 1 atom stereocenters. The highest BCUT2D eigenvalue weighted by atomic mass is 32.2. The van der Waals surface area contributed by atoms with E-state index in [9.17, 15) is 8.42 Å². The predicted molar refractivity (Wildman–Crippen MR) is 57.6 cm³/mol. The third-order valence-corrected chi connectivity index (χ3v) is 4.83. The van der Waals surface area contributed by atoms with Crippen LogP contribution in [0.4, 0.5) is 0 Å². The summed E-state index contributed by atoms with van der Waals surface area (Å²) in [4.78, 5) is 0. The van der Waals surface area contributed by atoms with Gasteiger partial charge in [-0.1, -0.05) is 6.92 Å². The first-order valence-electron chi connectivity index (χ1n) is 4.72. The molecule has 1 unspecified atom stereocenters. The van der Waals surface area contributed by atoms with Crippen molar-refractivity contribution in [1.29, 1.82) is 0 Å². The number of thioether (sulfide) groups is 1. The van der Waals surface area contributed by atoms with Crippen molar-refractivity contribution in [2.24, 2.45) is 0 Å². The molecular weight excluding hydrogens is 206 g/mol. The van der Waals surface area contributed by atoms with Crippen LogP contribution in [0.1, 0.15) is 26.2 Å². The Hall–Kier alpha value is 0.260. The Labute approximate surface area is 84.7 Å². The fourth-order valence-electron chi connectivity index (χ4n) is 1.42. The van der Waals surface area contributed by atoms with Crippen LogP contribution in [0, 0.1) is 0 Å². The van der Waals surface area contributed by atoms with Crippen molar-refractivity contribution in [1.82, 2.24) is 4.72 Å². The Morgan fingerprint density at radius 1 is 1.54 bits per heavy atom. The number of sulfonamides is 1. The molecule has 1 saturated heterocycles. The molecule has 0 aromatic carbocycles. The Morgan fingerprint density at radius 2 is 2.31 bits per heavy atom. The molecule has 78 valence electrons. The van der Waals surface area contributed by atoms with Crippen LogP contribution >= 0.6 is 11.8 Å². The van der Waals surface area contributed by atoms with E-state index in [-0.39, 0.29) is 11.8 Å². The fourth-order valence-corrected chi connectivity index (χ4v) is 3.96. The van der Waals surface area contributed by atoms with Crippen molar-refractivity contribution in [2.45, 2.75) is 32.2 Å². The zero-order chi connectivity index (χ0) is 9.73.